The van der Waals surface area contributed by atoms with Crippen molar-refractivity contribution < 1.29 is 9.15 Å². The van der Waals surface area contributed by atoms with E-state index in [0.717, 1.165) is 69.1 Å². The Labute approximate surface area is 182 Å². The fourth-order valence-electron chi connectivity index (χ4n) is 4.84. The van der Waals surface area contributed by atoms with Crippen LogP contribution in [0.15, 0.2) is 9.41 Å². The summed E-state index contributed by atoms with van der Waals surface area (Å²) in [5, 5.41) is 7.17. The minimum atomic E-state index is 0.371. The summed E-state index contributed by atoms with van der Waals surface area (Å²) >= 11 is 0. The third-order valence-corrected chi connectivity index (χ3v) is 7.05. The molecule has 2 N–H and O–H groups in total. The fourth-order valence-corrected chi connectivity index (χ4v) is 4.84. The van der Waals surface area contributed by atoms with Crippen LogP contribution in [0, 0.1) is 25.2 Å². The lowest BCUT2D eigenvalue weighted by Crippen LogP contribution is -2.46. The number of piperidine rings is 1. The number of aliphatic imine (C=N–C) groups is 1. The van der Waals surface area contributed by atoms with E-state index < -0.39 is 0 Å². The number of hydrogen-bond donors (Lipinski definition) is 2. The minimum absolute atomic E-state index is 0.371. The number of methoxy groups -OCH3 is 1. The second-order valence-electron chi connectivity index (χ2n) is 9.23. The SMILES string of the molecule is CN=C(NCC1CCN(Cc2nc(C)c(C)o2)CC1)NCC1(CCOC)CCCC1. The van der Waals surface area contributed by atoms with E-state index in [1.54, 1.807) is 7.11 Å². The quantitative estimate of drug-likeness (QED) is 0.473. The maximum absolute atomic E-state index is 5.74. The maximum Gasteiger partial charge on any atom is 0.208 e. The summed E-state index contributed by atoms with van der Waals surface area (Å²) in [4.78, 5) is 11.4. The zero-order valence-corrected chi connectivity index (χ0v) is 19.4. The lowest BCUT2D eigenvalue weighted by atomic mass is 9.83. The Morgan fingerprint density at radius 2 is 1.97 bits per heavy atom. The molecule has 30 heavy (non-hydrogen) atoms. The van der Waals surface area contributed by atoms with Crippen molar-refractivity contribution in [2.24, 2.45) is 16.3 Å². The zero-order valence-electron chi connectivity index (χ0n) is 19.4. The highest BCUT2D eigenvalue weighted by molar-refractivity contribution is 5.79. The zero-order chi connectivity index (χ0) is 21.4. The Balaban J connectivity index is 1.37. The largest absolute Gasteiger partial charge is 0.444 e. The number of aromatic nitrogens is 1. The Morgan fingerprint density at radius 3 is 2.57 bits per heavy atom. The van der Waals surface area contributed by atoms with Gasteiger partial charge in [0.1, 0.15) is 5.76 Å². The van der Waals surface area contributed by atoms with E-state index in [4.69, 9.17) is 9.15 Å². The molecule has 3 rings (SSSR count). The number of nitrogens with zero attached hydrogens (tertiary/aromatic N) is 3. The maximum atomic E-state index is 5.74. The average molecular weight is 420 g/mol. The smallest absolute Gasteiger partial charge is 0.208 e. The van der Waals surface area contributed by atoms with Crippen LogP contribution in [0.5, 0.6) is 0 Å². The Kier molecular flexibility index (Phi) is 8.57. The Hall–Kier alpha value is -1.60. The van der Waals surface area contributed by atoms with Crippen LogP contribution in [0.1, 0.15) is 62.3 Å². The summed E-state index contributed by atoms with van der Waals surface area (Å²) in [6.45, 7) is 9.82. The normalized spacial score (nSPS) is 20.6. The second-order valence-corrected chi connectivity index (χ2v) is 9.23. The van der Waals surface area contributed by atoms with Crippen molar-refractivity contribution in [1.29, 1.82) is 0 Å². The van der Waals surface area contributed by atoms with Crippen molar-refractivity contribution in [2.75, 3.05) is 46.9 Å². The minimum Gasteiger partial charge on any atom is -0.444 e. The van der Waals surface area contributed by atoms with Crippen molar-refractivity contribution in [3.05, 3.63) is 17.3 Å². The molecule has 0 unspecified atom stereocenters. The Bertz CT molecular complexity index is 654. The summed E-state index contributed by atoms with van der Waals surface area (Å²) in [6, 6.07) is 0. The van der Waals surface area contributed by atoms with Gasteiger partial charge >= 0.3 is 0 Å². The number of nitrogens with one attached hydrogen (secondary N) is 2. The van der Waals surface area contributed by atoms with Gasteiger partial charge in [0.2, 0.25) is 5.89 Å². The first kappa shape index (κ1) is 23.1. The van der Waals surface area contributed by atoms with Crippen LogP contribution in [0.3, 0.4) is 0 Å². The lowest BCUT2D eigenvalue weighted by Gasteiger charge is -2.32. The molecule has 1 saturated carbocycles. The van der Waals surface area contributed by atoms with Crippen molar-refractivity contribution in [3.8, 4) is 0 Å². The van der Waals surface area contributed by atoms with Gasteiger partial charge < -0.3 is 19.8 Å². The highest BCUT2D eigenvalue weighted by Gasteiger charge is 2.33. The molecule has 0 aromatic carbocycles. The summed E-state index contributed by atoms with van der Waals surface area (Å²) in [6.07, 6.45) is 8.78. The van der Waals surface area contributed by atoms with Crippen LogP contribution in [-0.2, 0) is 11.3 Å². The number of rotatable bonds is 9. The second kappa shape index (κ2) is 11.1. The fraction of sp³-hybridized carbons (Fsp3) is 0.826. The van der Waals surface area contributed by atoms with Crippen molar-refractivity contribution >= 4 is 5.96 Å². The molecule has 1 aromatic heterocycles. The topological polar surface area (TPSA) is 74.9 Å². The van der Waals surface area contributed by atoms with Crippen LogP contribution in [-0.4, -0.2) is 62.8 Å². The molecule has 0 radical (unpaired) electrons. The molecule has 0 bridgehead atoms. The van der Waals surface area contributed by atoms with Gasteiger partial charge in [0.25, 0.3) is 0 Å². The molecule has 0 atom stereocenters. The molecule has 2 heterocycles. The van der Waals surface area contributed by atoms with Crippen molar-refractivity contribution in [3.63, 3.8) is 0 Å². The van der Waals surface area contributed by atoms with E-state index in [1.165, 1.54) is 38.5 Å². The van der Waals surface area contributed by atoms with Crippen molar-refractivity contribution in [1.82, 2.24) is 20.5 Å². The predicted octanol–water partition coefficient (Wildman–Crippen LogP) is 3.27. The van der Waals surface area contributed by atoms with Crippen molar-refractivity contribution in [2.45, 2.75) is 65.3 Å². The van der Waals surface area contributed by atoms with E-state index >= 15 is 0 Å². The van der Waals surface area contributed by atoms with Gasteiger partial charge in [0.15, 0.2) is 5.96 Å². The molecule has 1 saturated heterocycles. The number of guanidine groups is 1. The van der Waals surface area contributed by atoms with Crippen LogP contribution >= 0.6 is 0 Å². The molecule has 0 spiro atoms. The first-order valence-electron chi connectivity index (χ1n) is 11.6. The first-order chi connectivity index (χ1) is 14.5. The molecule has 1 aliphatic heterocycles. The highest BCUT2D eigenvalue weighted by atomic mass is 16.5. The van der Waals surface area contributed by atoms with Gasteiger partial charge in [-0.05, 0) is 70.4 Å². The molecular weight excluding hydrogens is 378 g/mol. The molecule has 1 aromatic rings. The third kappa shape index (κ3) is 6.45. The number of ether oxygens (including phenoxy) is 1. The summed E-state index contributed by atoms with van der Waals surface area (Å²) in [5.74, 6) is 3.40. The van der Waals surface area contributed by atoms with Crippen LogP contribution < -0.4 is 10.6 Å². The van der Waals surface area contributed by atoms with Gasteiger partial charge in [-0.2, -0.15) is 0 Å². The number of aryl methyl sites for hydroxylation is 2. The van der Waals surface area contributed by atoms with Gasteiger partial charge in [-0.15, -0.1) is 0 Å². The van der Waals surface area contributed by atoms with E-state index in [9.17, 15) is 0 Å². The van der Waals surface area contributed by atoms with E-state index in [2.05, 4.69) is 25.5 Å². The van der Waals surface area contributed by atoms with Gasteiger partial charge in [0, 0.05) is 33.9 Å². The first-order valence-corrected chi connectivity index (χ1v) is 11.6. The molecule has 7 nitrogen and oxygen atoms in total. The molecule has 7 heteroatoms. The van der Waals surface area contributed by atoms with Crippen LogP contribution in [0.25, 0.3) is 0 Å². The molecule has 2 aliphatic rings. The summed E-state index contributed by atoms with van der Waals surface area (Å²) < 4.78 is 11.1. The lowest BCUT2D eigenvalue weighted by molar-refractivity contribution is 0.138. The Morgan fingerprint density at radius 1 is 1.23 bits per heavy atom. The van der Waals surface area contributed by atoms with Gasteiger partial charge in [-0.3, -0.25) is 9.89 Å². The molecule has 2 fully saturated rings. The number of likely N-dealkylation sites (tertiary alicyclic amines) is 1. The van der Waals surface area contributed by atoms with E-state index in [0.29, 0.717) is 11.3 Å². The molecule has 0 amide bonds. The number of hydrogen-bond acceptors (Lipinski definition) is 5. The predicted molar refractivity (Wildman–Crippen MR) is 121 cm³/mol. The third-order valence-electron chi connectivity index (χ3n) is 7.05. The summed E-state index contributed by atoms with van der Waals surface area (Å²) in [5.41, 5.74) is 1.37. The number of oxazole rings is 1. The molecular formula is C23H41N5O2. The monoisotopic (exact) mass is 419 g/mol. The van der Waals surface area contributed by atoms with E-state index in [1.807, 2.05) is 20.9 Å². The van der Waals surface area contributed by atoms with Crippen LogP contribution in [0.2, 0.25) is 0 Å². The average Bonchev–Trinajstić information content (AvgIpc) is 3.34. The van der Waals surface area contributed by atoms with Gasteiger partial charge in [0.05, 0.1) is 12.2 Å². The molecule has 1 aliphatic carbocycles. The summed E-state index contributed by atoms with van der Waals surface area (Å²) in [7, 11) is 3.67. The van der Waals surface area contributed by atoms with Gasteiger partial charge in [-0.1, -0.05) is 12.8 Å². The van der Waals surface area contributed by atoms with Crippen LogP contribution in [0.4, 0.5) is 0 Å². The standard InChI is InChI=1S/C23H41N5O2/c1-18-19(2)30-21(27-18)16-28-12-7-20(8-13-28)15-25-22(24-3)26-17-23(11-14-29-4)9-5-6-10-23/h20H,5-17H2,1-4H3,(H2,24,25,26). The highest BCUT2D eigenvalue weighted by Crippen LogP contribution is 2.40. The van der Waals surface area contributed by atoms with E-state index in [-0.39, 0.29) is 0 Å². The van der Waals surface area contributed by atoms with Gasteiger partial charge in [-0.25, -0.2) is 4.98 Å². The molecule has 170 valence electrons.